The minimum atomic E-state index is -3.29. The number of halogens is 1. The van der Waals surface area contributed by atoms with Gasteiger partial charge in [-0.2, -0.15) is 17.4 Å². The van der Waals surface area contributed by atoms with Gasteiger partial charge in [0.1, 0.15) is 0 Å². The van der Waals surface area contributed by atoms with Gasteiger partial charge in [0, 0.05) is 25.2 Å². The summed E-state index contributed by atoms with van der Waals surface area (Å²) in [6, 6.07) is 0.327. The Morgan fingerprint density at radius 1 is 1.16 bits per heavy atom. The zero-order chi connectivity index (χ0) is 13.2. The van der Waals surface area contributed by atoms with Crippen LogP contribution in [0.15, 0.2) is 0 Å². The third-order valence-electron chi connectivity index (χ3n) is 4.05. The first kappa shape index (κ1) is 17.2. The summed E-state index contributed by atoms with van der Waals surface area (Å²) >= 11 is 0. The van der Waals surface area contributed by atoms with Crippen molar-refractivity contribution in [3.8, 4) is 0 Å². The van der Waals surface area contributed by atoms with E-state index in [1.165, 1.54) is 0 Å². The molecule has 1 unspecified atom stereocenters. The predicted molar refractivity (Wildman–Crippen MR) is 79.5 cm³/mol. The van der Waals surface area contributed by atoms with Crippen molar-refractivity contribution in [1.82, 2.24) is 9.03 Å². The van der Waals surface area contributed by atoms with Crippen LogP contribution in [-0.4, -0.2) is 37.9 Å². The number of hydrogen-bond acceptors (Lipinski definition) is 3. The van der Waals surface area contributed by atoms with Gasteiger partial charge in [-0.1, -0.05) is 6.92 Å². The van der Waals surface area contributed by atoms with Gasteiger partial charge in [-0.25, -0.2) is 0 Å². The normalized spacial score (nSPS) is 33.7. The molecule has 0 aromatic heterocycles. The summed E-state index contributed by atoms with van der Waals surface area (Å²) in [4.78, 5) is 0. The maximum absolute atomic E-state index is 12.3. The average Bonchev–Trinajstić information content (AvgIpc) is 2.32. The van der Waals surface area contributed by atoms with Gasteiger partial charge in [0.25, 0.3) is 10.2 Å². The number of rotatable bonds is 3. The van der Waals surface area contributed by atoms with Crippen LogP contribution >= 0.6 is 12.4 Å². The molecule has 1 aliphatic heterocycles. The molecule has 19 heavy (non-hydrogen) atoms. The van der Waals surface area contributed by atoms with E-state index in [1.54, 1.807) is 4.31 Å². The lowest BCUT2D eigenvalue weighted by Gasteiger charge is -2.33. The molecule has 0 amide bonds. The molecule has 7 heteroatoms. The number of piperidine rings is 1. The van der Waals surface area contributed by atoms with Gasteiger partial charge in [-0.15, -0.1) is 12.4 Å². The average molecular weight is 312 g/mol. The molecule has 0 spiro atoms. The minimum absolute atomic E-state index is 0. The SMILES string of the molecule is CC1CCCN(S(=O)(=O)NC2CCC(N)CC2)C1.Cl. The fourth-order valence-corrected chi connectivity index (χ4v) is 4.51. The van der Waals surface area contributed by atoms with Crippen molar-refractivity contribution in [1.29, 1.82) is 0 Å². The largest absolute Gasteiger partial charge is 0.328 e. The molecule has 0 radical (unpaired) electrons. The molecule has 1 saturated carbocycles. The Bertz CT molecular complexity index is 369. The van der Waals surface area contributed by atoms with E-state index in [0.717, 1.165) is 38.5 Å². The van der Waals surface area contributed by atoms with Gasteiger partial charge >= 0.3 is 0 Å². The molecule has 2 fully saturated rings. The number of nitrogens with two attached hydrogens (primary N) is 1. The van der Waals surface area contributed by atoms with Crippen LogP contribution in [0.5, 0.6) is 0 Å². The zero-order valence-electron chi connectivity index (χ0n) is 11.5. The molecule has 114 valence electrons. The molecule has 0 aromatic rings. The van der Waals surface area contributed by atoms with E-state index in [1.807, 2.05) is 0 Å². The van der Waals surface area contributed by atoms with Crippen LogP contribution in [-0.2, 0) is 10.2 Å². The second-order valence-electron chi connectivity index (χ2n) is 5.84. The molecule has 2 aliphatic rings. The molecule has 1 saturated heterocycles. The van der Waals surface area contributed by atoms with Crippen LogP contribution < -0.4 is 10.5 Å². The van der Waals surface area contributed by atoms with Gasteiger partial charge in [0.2, 0.25) is 0 Å². The maximum Gasteiger partial charge on any atom is 0.279 e. The third-order valence-corrected chi connectivity index (χ3v) is 5.69. The highest BCUT2D eigenvalue weighted by Gasteiger charge is 2.30. The summed E-state index contributed by atoms with van der Waals surface area (Å²) in [7, 11) is -3.29. The Labute approximate surface area is 122 Å². The number of nitrogens with one attached hydrogen (secondary N) is 1. The Morgan fingerprint density at radius 3 is 2.37 bits per heavy atom. The quantitative estimate of drug-likeness (QED) is 0.823. The van der Waals surface area contributed by atoms with Crippen molar-refractivity contribution in [2.45, 2.75) is 57.5 Å². The molecule has 1 atom stereocenters. The zero-order valence-corrected chi connectivity index (χ0v) is 13.2. The van der Waals surface area contributed by atoms with E-state index in [-0.39, 0.29) is 24.5 Å². The van der Waals surface area contributed by atoms with Crippen molar-refractivity contribution in [3.63, 3.8) is 0 Å². The molecule has 5 nitrogen and oxygen atoms in total. The topological polar surface area (TPSA) is 75.4 Å². The van der Waals surface area contributed by atoms with Crippen molar-refractivity contribution < 1.29 is 8.42 Å². The lowest BCUT2D eigenvalue weighted by atomic mass is 9.93. The molecule has 3 N–H and O–H groups in total. The Hall–Kier alpha value is 0.120. The van der Waals surface area contributed by atoms with E-state index in [0.29, 0.717) is 19.0 Å². The van der Waals surface area contributed by atoms with E-state index in [4.69, 9.17) is 5.73 Å². The number of nitrogens with zero attached hydrogens (tertiary/aromatic N) is 1. The lowest BCUT2D eigenvalue weighted by molar-refractivity contribution is 0.273. The van der Waals surface area contributed by atoms with Gasteiger partial charge in [0.05, 0.1) is 0 Å². The van der Waals surface area contributed by atoms with Gasteiger partial charge in [-0.05, 0) is 44.4 Å². The molecule has 0 bridgehead atoms. The van der Waals surface area contributed by atoms with Crippen LogP contribution in [0.25, 0.3) is 0 Å². The molecule has 1 aliphatic carbocycles. The Balaban J connectivity index is 0.00000180. The predicted octanol–water partition coefficient (Wildman–Crippen LogP) is 1.24. The van der Waals surface area contributed by atoms with Crippen molar-refractivity contribution in [2.24, 2.45) is 11.7 Å². The Morgan fingerprint density at radius 2 is 1.79 bits per heavy atom. The summed E-state index contributed by atoms with van der Waals surface area (Å²) in [5.41, 5.74) is 5.83. The smallest absolute Gasteiger partial charge is 0.279 e. The maximum atomic E-state index is 12.3. The van der Waals surface area contributed by atoms with Crippen LogP contribution in [0.2, 0.25) is 0 Å². The van der Waals surface area contributed by atoms with Crippen LogP contribution in [0, 0.1) is 5.92 Å². The number of hydrogen-bond donors (Lipinski definition) is 2. The molecular weight excluding hydrogens is 286 g/mol. The van der Waals surface area contributed by atoms with Gasteiger partial charge in [0.15, 0.2) is 0 Å². The summed E-state index contributed by atoms with van der Waals surface area (Å²) < 4.78 is 29.0. The van der Waals surface area contributed by atoms with E-state index in [2.05, 4.69) is 11.6 Å². The summed E-state index contributed by atoms with van der Waals surface area (Å²) in [6.07, 6.45) is 5.67. The van der Waals surface area contributed by atoms with Crippen LogP contribution in [0.1, 0.15) is 45.4 Å². The first-order chi connectivity index (χ1) is 8.47. The fraction of sp³-hybridized carbons (Fsp3) is 1.00. The molecule has 1 heterocycles. The first-order valence-electron chi connectivity index (χ1n) is 7.00. The molecular formula is C12H26ClN3O2S. The van der Waals surface area contributed by atoms with E-state index < -0.39 is 10.2 Å². The second kappa shape index (κ2) is 7.22. The lowest BCUT2D eigenvalue weighted by Crippen LogP contribution is -2.50. The highest BCUT2D eigenvalue weighted by molar-refractivity contribution is 7.87. The summed E-state index contributed by atoms with van der Waals surface area (Å²) in [6.45, 7) is 3.43. The van der Waals surface area contributed by atoms with Crippen molar-refractivity contribution in [2.75, 3.05) is 13.1 Å². The van der Waals surface area contributed by atoms with E-state index in [9.17, 15) is 8.42 Å². The molecule has 2 rings (SSSR count). The fourth-order valence-electron chi connectivity index (χ4n) is 2.89. The standard InChI is InChI=1S/C12H25N3O2S.ClH/c1-10-3-2-8-15(9-10)18(16,17)14-12-6-4-11(13)5-7-12;/h10-12,14H,2-9,13H2,1H3;1H. The van der Waals surface area contributed by atoms with Gasteiger partial charge < -0.3 is 5.73 Å². The summed E-state index contributed by atoms with van der Waals surface area (Å²) in [5, 5.41) is 0. The third kappa shape index (κ3) is 4.86. The summed E-state index contributed by atoms with van der Waals surface area (Å²) in [5.74, 6) is 0.468. The van der Waals surface area contributed by atoms with Crippen LogP contribution in [0.4, 0.5) is 0 Å². The minimum Gasteiger partial charge on any atom is -0.328 e. The van der Waals surface area contributed by atoms with E-state index >= 15 is 0 Å². The molecule has 0 aromatic carbocycles. The monoisotopic (exact) mass is 311 g/mol. The van der Waals surface area contributed by atoms with Crippen molar-refractivity contribution >= 4 is 22.6 Å². The highest BCUT2D eigenvalue weighted by atomic mass is 35.5. The first-order valence-corrected chi connectivity index (χ1v) is 8.44. The van der Waals surface area contributed by atoms with Gasteiger partial charge in [-0.3, -0.25) is 0 Å². The van der Waals surface area contributed by atoms with Crippen LogP contribution in [0.3, 0.4) is 0 Å². The Kier molecular flexibility index (Phi) is 6.53. The second-order valence-corrected chi connectivity index (χ2v) is 7.54. The highest BCUT2D eigenvalue weighted by Crippen LogP contribution is 2.21. The van der Waals surface area contributed by atoms with Crippen molar-refractivity contribution in [3.05, 3.63) is 0 Å².